The van der Waals surface area contributed by atoms with Crippen LogP contribution in [0.2, 0.25) is 0 Å². The summed E-state index contributed by atoms with van der Waals surface area (Å²) in [7, 11) is 0. The Morgan fingerprint density at radius 1 is 1.12 bits per heavy atom. The Hall–Kier alpha value is -3.39. The molecule has 0 radical (unpaired) electrons. The molecule has 34 heavy (non-hydrogen) atoms. The van der Waals surface area contributed by atoms with Gasteiger partial charge in [0.2, 0.25) is 16.0 Å². The molecular weight excluding hydrogens is 446 g/mol. The molecule has 0 spiro atoms. The van der Waals surface area contributed by atoms with Gasteiger partial charge in [0.05, 0.1) is 18.5 Å². The predicted molar refractivity (Wildman–Crippen MR) is 135 cm³/mol. The molecule has 1 aliphatic heterocycles. The minimum absolute atomic E-state index is 0.0381. The molecule has 4 aromatic rings. The molecule has 0 aliphatic carbocycles. The van der Waals surface area contributed by atoms with Gasteiger partial charge >= 0.3 is 0 Å². The number of fused-ring (bicyclic) bond motifs is 1. The molecule has 2 aromatic heterocycles. The highest BCUT2D eigenvalue weighted by Crippen LogP contribution is 2.30. The minimum Gasteiger partial charge on any atom is -0.494 e. The summed E-state index contributed by atoms with van der Waals surface area (Å²) in [6, 6.07) is 16.3. The number of anilines is 1. The number of hydrogen-bond donors (Lipinski definition) is 1. The second kappa shape index (κ2) is 9.85. The third-order valence-electron chi connectivity index (χ3n) is 6.22. The van der Waals surface area contributed by atoms with Gasteiger partial charge in [0.25, 0.3) is 0 Å². The first-order valence-electron chi connectivity index (χ1n) is 11.8. The van der Waals surface area contributed by atoms with Crippen LogP contribution in [0, 0.1) is 12.8 Å². The van der Waals surface area contributed by atoms with E-state index in [-0.39, 0.29) is 11.8 Å². The van der Waals surface area contributed by atoms with Crippen LogP contribution in [0.1, 0.15) is 30.9 Å². The zero-order chi connectivity index (χ0) is 23.5. The lowest BCUT2D eigenvalue weighted by Gasteiger charge is -2.30. The Labute approximate surface area is 203 Å². The maximum Gasteiger partial charge on any atom is 0.223 e. The largest absolute Gasteiger partial charge is 0.494 e. The van der Waals surface area contributed by atoms with E-state index in [2.05, 4.69) is 41.4 Å². The molecule has 8 heteroatoms. The van der Waals surface area contributed by atoms with E-state index in [9.17, 15) is 4.79 Å². The van der Waals surface area contributed by atoms with Crippen LogP contribution >= 0.6 is 11.3 Å². The first-order chi connectivity index (χ1) is 16.6. The summed E-state index contributed by atoms with van der Waals surface area (Å²) in [6.07, 6.45) is 3.64. The fraction of sp³-hybridized carbons (Fsp3) is 0.346. The van der Waals surface area contributed by atoms with Gasteiger partial charge in [-0.25, -0.2) is 9.50 Å². The molecule has 1 saturated heterocycles. The van der Waals surface area contributed by atoms with Crippen molar-refractivity contribution in [2.45, 2.75) is 33.2 Å². The van der Waals surface area contributed by atoms with E-state index in [4.69, 9.17) is 14.8 Å². The molecule has 176 valence electrons. The topological polar surface area (TPSA) is 71.8 Å². The summed E-state index contributed by atoms with van der Waals surface area (Å²) >= 11 is 1.60. The molecule has 1 aliphatic rings. The third kappa shape index (κ3) is 4.92. The van der Waals surface area contributed by atoms with E-state index in [0.29, 0.717) is 13.2 Å². The molecule has 3 heterocycles. The average Bonchev–Trinajstić information content (AvgIpc) is 3.44. The van der Waals surface area contributed by atoms with E-state index < -0.39 is 0 Å². The zero-order valence-electron chi connectivity index (χ0n) is 19.5. The maximum atomic E-state index is 12.7. The van der Waals surface area contributed by atoms with Crippen molar-refractivity contribution in [1.29, 1.82) is 0 Å². The molecule has 0 atom stereocenters. The van der Waals surface area contributed by atoms with E-state index in [0.717, 1.165) is 58.6 Å². The van der Waals surface area contributed by atoms with Crippen molar-refractivity contribution >= 4 is 27.3 Å². The average molecular weight is 476 g/mol. The molecule has 0 bridgehead atoms. The molecule has 0 saturated carbocycles. The normalized spacial score (nSPS) is 14.5. The fourth-order valence-corrected chi connectivity index (χ4v) is 5.15. The molecule has 2 aromatic carbocycles. The van der Waals surface area contributed by atoms with Gasteiger partial charge in [-0.1, -0.05) is 53.3 Å². The Morgan fingerprint density at radius 2 is 1.85 bits per heavy atom. The number of imidazole rings is 1. The minimum atomic E-state index is 0.0381. The molecular formula is C26H29N5O2S. The van der Waals surface area contributed by atoms with Crippen LogP contribution in [0.15, 0.2) is 54.7 Å². The first-order valence-corrected chi connectivity index (χ1v) is 12.6. The third-order valence-corrected chi connectivity index (χ3v) is 7.20. The highest BCUT2D eigenvalue weighted by molar-refractivity contribution is 7.20. The van der Waals surface area contributed by atoms with E-state index in [1.165, 1.54) is 5.56 Å². The van der Waals surface area contributed by atoms with Gasteiger partial charge in [-0.2, -0.15) is 0 Å². The molecule has 1 fully saturated rings. The zero-order valence-corrected chi connectivity index (χ0v) is 20.3. The smallest absolute Gasteiger partial charge is 0.223 e. The number of carbonyl (C=O) groups excluding carboxylic acids is 1. The number of piperidine rings is 1. The number of ether oxygens (including phenoxy) is 1. The van der Waals surface area contributed by atoms with Crippen LogP contribution in [-0.4, -0.2) is 40.2 Å². The summed E-state index contributed by atoms with van der Waals surface area (Å²) in [5, 5.41) is 8.81. The number of aromatic nitrogens is 3. The van der Waals surface area contributed by atoms with Crippen molar-refractivity contribution < 1.29 is 9.53 Å². The molecule has 1 N–H and O–H groups in total. The summed E-state index contributed by atoms with van der Waals surface area (Å²) in [5.74, 6) is 1.02. The van der Waals surface area contributed by atoms with Crippen LogP contribution in [-0.2, 0) is 11.3 Å². The number of nitrogens with one attached hydrogen (secondary N) is 1. The van der Waals surface area contributed by atoms with Gasteiger partial charge < -0.3 is 15.0 Å². The summed E-state index contributed by atoms with van der Waals surface area (Å²) < 4.78 is 7.34. The van der Waals surface area contributed by atoms with Crippen molar-refractivity contribution in [2.24, 2.45) is 5.92 Å². The highest BCUT2D eigenvalue weighted by atomic mass is 32.1. The Morgan fingerprint density at radius 3 is 2.53 bits per heavy atom. The number of aryl methyl sites for hydroxylation is 1. The van der Waals surface area contributed by atoms with Gasteiger partial charge in [-0.05, 0) is 44.4 Å². The number of benzene rings is 2. The number of rotatable bonds is 7. The lowest BCUT2D eigenvalue weighted by molar-refractivity contribution is -0.125. The number of carbonyl (C=O) groups is 1. The Kier molecular flexibility index (Phi) is 6.49. The fourth-order valence-electron chi connectivity index (χ4n) is 4.22. The standard InChI is InChI=1S/C26H29N5O2S/c1-3-33-22-10-6-19(7-11-22)16-27-24(32)21-12-14-30(15-13-21)26-29-31-17-23(28-25(31)34-26)20-8-4-18(2)5-9-20/h4-11,17,21H,3,12-16H2,1-2H3,(H,27,32). The van der Waals surface area contributed by atoms with Crippen molar-refractivity contribution in [2.75, 3.05) is 24.6 Å². The van der Waals surface area contributed by atoms with Gasteiger partial charge in [0.15, 0.2) is 0 Å². The SMILES string of the molecule is CCOc1ccc(CNC(=O)C2CCN(c3nn4cc(-c5ccc(C)cc5)nc4s3)CC2)cc1. The van der Waals surface area contributed by atoms with Crippen LogP contribution in [0.25, 0.3) is 16.2 Å². The Balaban J connectivity index is 1.14. The molecule has 1 amide bonds. The van der Waals surface area contributed by atoms with Gasteiger partial charge in [0, 0.05) is 31.1 Å². The van der Waals surface area contributed by atoms with Crippen molar-refractivity contribution in [1.82, 2.24) is 19.9 Å². The second-order valence-corrected chi connectivity index (χ2v) is 9.59. The Bertz CT molecular complexity index is 1220. The molecule has 5 rings (SSSR count). The van der Waals surface area contributed by atoms with Gasteiger partial charge in [-0.15, -0.1) is 5.10 Å². The highest BCUT2D eigenvalue weighted by Gasteiger charge is 2.26. The van der Waals surface area contributed by atoms with Crippen molar-refractivity contribution in [3.05, 3.63) is 65.9 Å². The monoisotopic (exact) mass is 475 g/mol. The number of nitrogens with zero attached hydrogens (tertiary/aromatic N) is 4. The summed E-state index contributed by atoms with van der Waals surface area (Å²) in [5.41, 5.74) is 4.35. The van der Waals surface area contributed by atoms with Gasteiger partial charge in [-0.3, -0.25) is 4.79 Å². The van der Waals surface area contributed by atoms with E-state index in [1.807, 2.05) is 41.9 Å². The van der Waals surface area contributed by atoms with Crippen LogP contribution < -0.4 is 15.0 Å². The van der Waals surface area contributed by atoms with Crippen molar-refractivity contribution in [3.8, 4) is 17.0 Å². The predicted octanol–water partition coefficient (Wildman–Crippen LogP) is 4.70. The number of hydrogen-bond acceptors (Lipinski definition) is 6. The van der Waals surface area contributed by atoms with Crippen molar-refractivity contribution in [3.63, 3.8) is 0 Å². The van der Waals surface area contributed by atoms with Crippen LogP contribution in [0.3, 0.4) is 0 Å². The second-order valence-electron chi connectivity index (χ2n) is 8.66. The molecule has 7 nitrogen and oxygen atoms in total. The maximum absolute atomic E-state index is 12.7. The van der Waals surface area contributed by atoms with E-state index >= 15 is 0 Å². The van der Waals surface area contributed by atoms with Crippen LogP contribution in [0.4, 0.5) is 5.13 Å². The summed E-state index contributed by atoms with van der Waals surface area (Å²) in [6.45, 7) is 6.88. The van der Waals surface area contributed by atoms with Gasteiger partial charge in [0.1, 0.15) is 5.75 Å². The number of amides is 1. The lowest BCUT2D eigenvalue weighted by atomic mass is 9.96. The van der Waals surface area contributed by atoms with Crippen LogP contribution in [0.5, 0.6) is 5.75 Å². The first kappa shape index (κ1) is 22.4. The van der Waals surface area contributed by atoms with E-state index in [1.54, 1.807) is 11.3 Å². The summed E-state index contributed by atoms with van der Waals surface area (Å²) in [4.78, 5) is 20.6. The quantitative estimate of drug-likeness (QED) is 0.420. The lowest BCUT2D eigenvalue weighted by Crippen LogP contribution is -2.40. The molecule has 0 unspecified atom stereocenters.